The molecule has 1 saturated heterocycles. The first-order chi connectivity index (χ1) is 9.82. The fourth-order valence-corrected chi connectivity index (χ4v) is 6.38. The van der Waals surface area contributed by atoms with E-state index in [1.807, 2.05) is 0 Å². The largest absolute Gasteiger partial charge is 0.382 e. The van der Waals surface area contributed by atoms with E-state index < -0.39 is 9.84 Å². The van der Waals surface area contributed by atoms with Crippen LogP contribution >= 0.6 is 11.5 Å². The summed E-state index contributed by atoms with van der Waals surface area (Å²) in [5.74, 6) is 1.27. The number of anilines is 2. The van der Waals surface area contributed by atoms with Gasteiger partial charge in [-0.2, -0.15) is 4.37 Å². The van der Waals surface area contributed by atoms with Crippen LogP contribution in [-0.4, -0.2) is 30.6 Å². The van der Waals surface area contributed by atoms with Gasteiger partial charge in [-0.05, 0) is 49.6 Å². The molecule has 3 atom stereocenters. The second kappa shape index (κ2) is 5.12. The zero-order valence-electron chi connectivity index (χ0n) is 12.7. The highest BCUT2D eigenvalue weighted by atomic mass is 32.2. The Kier molecular flexibility index (Phi) is 3.68. The maximum absolute atomic E-state index is 12.7. The minimum absolute atomic E-state index is 0.181. The van der Waals surface area contributed by atoms with Gasteiger partial charge in [0.05, 0.1) is 5.25 Å². The van der Waals surface area contributed by atoms with Gasteiger partial charge in [0.25, 0.3) is 0 Å². The van der Waals surface area contributed by atoms with E-state index >= 15 is 0 Å². The number of aromatic nitrogens is 1. The molecule has 0 radical (unpaired) electrons. The molecule has 1 aliphatic carbocycles. The summed E-state index contributed by atoms with van der Waals surface area (Å²) < 4.78 is 29.5. The summed E-state index contributed by atoms with van der Waals surface area (Å²) in [6.45, 7) is 7.49. The highest BCUT2D eigenvalue weighted by Crippen LogP contribution is 2.44. The molecule has 1 aliphatic heterocycles. The zero-order valence-corrected chi connectivity index (χ0v) is 14.4. The summed E-state index contributed by atoms with van der Waals surface area (Å²) in [5, 5.41) is 0.509. The molecule has 3 unspecified atom stereocenters. The number of sulfone groups is 1. The summed E-state index contributed by atoms with van der Waals surface area (Å²) in [6, 6.07) is 0.314. The van der Waals surface area contributed by atoms with E-state index in [4.69, 9.17) is 5.73 Å². The fourth-order valence-electron chi connectivity index (χ4n) is 3.26. The number of piperidine rings is 1. The van der Waals surface area contributed by atoms with Crippen molar-refractivity contribution >= 4 is 32.2 Å². The van der Waals surface area contributed by atoms with Gasteiger partial charge in [0.2, 0.25) is 0 Å². The summed E-state index contributed by atoms with van der Waals surface area (Å²) in [6.07, 6.45) is 2.68. The third-order valence-corrected chi connectivity index (χ3v) is 8.11. The average Bonchev–Trinajstić information content (AvgIpc) is 3.18. The Balaban J connectivity index is 2.03. The first-order valence-corrected chi connectivity index (χ1v) is 9.90. The van der Waals surface area contributed by atoms with Crippen molar-refractivity contribution in [3.63, 3.8) is 0 Å². The van der Waals surface area contributed by atoms with E-state index in [1.54, 1.807) is 0 Å². The van der Waals surface area contributed by atoms with E-state index in [-0.39, 0.29) is 11.1 Å². The Hall–Kier alpha value is -0.820. The second-order valence-corrected chi connectivity index (χ2v) is 9.57. The lowest BCUT2D eigenvalue weighted by atomic mass is 9.86. The first kappa shape index (κ1) is 15.1. The van der Waals surface area contributed by atoms with Crippen LogP contribution in [0, 0.1) is 11.8 Å². The van der Waals surface area contributed by atoms with E-state index in [0.29, 0.717) is 22.8 Å². The van der Waals surface area contributed by atoms with Crippen LogP contribution in [0.15, 0.2) is 4.90 Å². The molecule has 2 fully saturated rings. The maximum Gasteiger partial charge on any atom is 0.187 e. The van der Waals surface area contributed by atoms with Gasteiger partial charge >= 0.3 is 0 Å². The SMILES string of the molecule is CC1CC(C)C(C)N(c2snc(N)c2S(=O)(=O)C2CC2)C1. The molecule has 21 heavy (non-hydrogen) atoms. The van der Waals surface area contributed by atoms with Crippen LogP contribution < -0.4 is 10.6 Å². The van der Waals surface area contributed by atoms with Crippen LogP contribution in [0.4, 0.5) is 10.8 Å². The number of nitrogens with zero attached hydrogens (tertiary/aromatic N) is 2. The molecule has 3 rings (SSSR count). The molecule has 2 aliphatic rings. The van der Waals surface area contributed by atoms with Gasteiger partial charge in [-0.1, -0.05) is 13.8 Å². The second-order valence-electron chi connectivity index (χ2n) is 6.66. The fraction of sp³-hybridized carbons (Fsp3) is 0.786. The molecular formula is C14H23N3O2S2. The van der Waals surface area contributed by atoms with Crippen LogP contribution in [0.25, 0.3) is 0 Å². The smallest absolute Gasteiger partial charge is 0.187 e. The minimum Gasteiger partial charge on any atom is -0.382 e. The Morgan fingerprint density at radius 3 is 2.57 bits per heavy atom. The third-order valence-electron chi connectivity index (χ3n) is 4.76. The number of nitrogens with two attached hydrogens (primary N) is 1. The van der Waals surface area contributed by atoms with E-state index in [2.05, 4.69) is 30.0 Å². The standard InChI is InChI=1S/C14H23N3O2S2/c1-8-6-9(2)10(3)17(7-8)14-12(13(15)16-20-14)21(18,19)11-4-5-11/h8-11H,4-7H2,1-3H3,(H2,15,16). The number of nitrogen functional groups attached to an aromatic ring is 1. The van der Waals surface area contributed by atoms with Gasteiger partial charge in [-0.15, -0.1) is 0 Å². The van der Waals surface area contributed by atoms with Crippen molar-refractivity contribution < 1.29 is 8.42 Å². The predicted molar refractivity (Wildman–Crippen MR) is 86.5 cm³/mol. The van der Waals surface area contributed by atoms with Gasteiger partial charge in [0.1, 0.15) is 9.90 Å². The molecule has 2 heterocycles. The Morgan fingerprint density at radius 2 is 1.95 bits per heavy atom. The van der Waals surface area contributed by atoms with Crippen LogP contribution in [0.2, 0.25) is 0 Å². The van der Waals surface area contributed by atoms with Crippen molar-refractivity contribution in [2.45, 2.75) is 56.2 Å². The van der Waals surface area contributed by atoms with Crippen molar-refractivity contribution in [3.05, 3.63) is 0 Å². The summed E-state index contributed by atoms with van der Waals surface area (Å²) in [4.78, 5) is 2.51. The van der Waals surface area contributed by atoms with Crippen molar-refractivity contribution in [2.24, 2.45) is 11.8 Å². The molecule has 0 spiro atoms. The van der Waals surface area contributed by atoms with Gasteiger partial charge in [0.15, 0.2) is 15.7 Å². The summed E-state index contributed by atoms with van der Waals surface area (Å²) >= 11 is 1.23. The minimum atomic E-state index is -3.31. The molecule has 0 bridgehead atoms. The Morgan fingerprint density at radius 1 is 1.29 bits per heavy atom. The van der Waals surface area contributed by atoms with E-state index in [1.165, 1.54) is 18.0 Å². The quantitative estimate of drug-likeness (QED) is 0.922. The normalized spacial score (nSPS) is 30.6. The maximum atomic E-state index is 12.7. The molecular weight excluding hydrogens is 306 g/mol. The lowest BCUT2D eigenvalue weighted by molar-refractivity contribution is 0.297. The topological polar surface area (TPSA) is 76.3 Å². The number of rotatable bonds is 3. The number of hydrogen-bond acceptors (Lipinski definition) is 6. The highest BCUT2D eigenvalue weighted by molar-refractivity contribution is 7.92. The van der Waals surface area contributed by atoms with Crippen LogP contribution in [0.3, 0.4) is 0 Å². The summed E-state index contributed by atoms with van der Waals surface area (Å²) in [5.41, 5.74) is 5.91. The van der Waals surface area contributed by atoms with Gasteiger partial charge < -0.3 is 10.6 Å². The monoisotopic (exact) mass is 329 g/mol. The molecule has 2 N–H and O–H groups in total. The van der Waals surface area contributed by atoms with Gasteiger partial charge in [-0.3, -0.25) is 0 Å². The lowest BCUT2D eigenvalue weighted by Gasteiger charge is -2.42. The molecule has 1 saturated carbocycles. The lowest BCUT2D eigenvalue weighted by Crippen LogP contribution is -2.46. The predicted octanol–water partition coefficient (Wildman–Crippen LogP) is 2.53. The van der Waals surface area contributed by atoms with Gasteiger partial charge in [-0.25, -0.2) is 8.42 Å². The van der Waals surface area contributed by atoms with Crippen LogP contribution in [0.5, 0.6) is 0 Å². The zero-order chi connectivity index (χ0) is 15.4. The Bertz CT molecular complexity index is 637. The van der Waals surface area contributed by atoms with E-state index in [9.17, 15) is 8.42 Å². The van der Waals surface area contributed by atoms with Crippen molar-refractivity contribution in [2.75, 3.05) is 17.2 Å². The molecule has 118 valence electrons. The summed E-state index contributed by atoms with van der Waals surface area (Å²) in [7, 11) is -3.31. The average molecular weight is 329 g/mol. The molecule has 1 aromatic rings. The highest BCUT2D eigenvalue weighted by Gasteiger charge is 2.43. The van der Waals surface area contributed by atoms with Crippen molar-refractivity contribution in [1.29, 1.82) is 0 Å². The molecule has 0 aromatic carbocycles. The van der Waals surface area contributed by atoms with E-state index in [0.717, 1.165) is 24.4 Å². The molecule has 1 aromatic heterocycles. The van der Waals surface area contributed by atoms with Crippen molar-refractivity contribution in [1.82, 2.24) is 4.37 Å². The third kappa shape index (κ3) is 2.54. The van der Waals surface area contributed by atoms with Crippen LogP contribution in [-0.2, 0) is 9.84 Å². The first-order valence-electron chi connectivity index (χ1n) is 7.58. The number of hydrogen-bond donors (Lipinski definition) is 1. The van der Waals surface area contributed by atoms with Gasteiger partial charge in [0, 0.05) is 12.6 Å². The van der Waals surface area contributed by atoms with Crippen molar-refractivity contribution in [3.8, 4) is 0 Å². The molecule has 5 nitrogen and oxygen atoms in total. The molecule has 0 amide bonds. The Labute approximate surface area is 130 Å². The van der Waals surface area contributed by atoms with Crippen LogP contribution in [0.1, 0.15) is 40.0 Å². The molecule has 7 heteroatoms.